The van der Waals surface area contributed by atoms with Gasteiger partial charge in [0, 0.05) is 17.3 Å². The molecular weight excluding hydrogens is 288 g/mol. The van der Waals surface area contributed by atoms with E-state index in [9.17, 15) is 9.90 Å². The summed E-state index contributed by atoms with van der Waals surface area (Å²) >= 11 is 5.88. The fourth-order valence-corrected chi connectivity index (χ4v) is 3.06. The fraction of sp³-hybridized carbons (Fsp3) is 0.562. The summed E-state index contributed by atoms with van der Waals surface area (Å²) in [5, 5.41) is 13.6. The van der Waals surface area contributed by atoms with E-state index in [1.54, 1.807) is 12.1 Å². The Morgan fingerprint density at radius 2 is 2.05 bits per heavy atom. The van der Waals surface area contributed by atoms with Gasteiger partial charge in [-0.2, -0.15) is 0 Å². The van der Waals surface area contributed by atoms with Gasteiger partial charge in [-0.1, -0.05) is 18.5 Å². The smallest absolute Gasteiger partial charge is 0.329 e. The molecule has 0 aliphatic carbocycles. The summed E-state index contributed by atoms with van der Waals surface area (Å²) in [4.78, 5) is 14.2. The molecule has 1 aliphatic heterocycles. The van der Waals surface area contributed by atoms with Crippen LogP contribution in [0.15, 0.2) is 24.3 Å². The molecule has 5 heteroatoms. The minimum absolute atomic E-state index is 0.616. The standard InChI is InChI=1S/C16H23ClN2O2/c1-2-10-19-11-3-8-16(9-12-19,15(20)21)18-14-6-4-13(17)5-7-14/h4-7,18H,2-3,8-12H2,1H3,(H,20,21). The predicted octanol–water partition coefficient (Wildman–Crippen LogP) is 3.47. The van der Waals surface area contributed by atoms with Gasteiger partial charge in [0.2, 0.25) is 0 Å². The minimum Gasteiger partial charge on any atom is -0.480 e. The predicted molar refractivity (Wildman–Crippen MR) is 86.0 cm³/mol. The van der Waals surface area contributed by atoms with Crippen molar-refractivity contribution >= 4 is 23.3 Å². The average molecular weight is 311 g/mol. The fourth-order valence-electron chi connectivity index (χ4n) is 2.93. The van der Waals surface area contributed by atoms with Crippen LogP contribution in [0.4, 0.5) is 5.69 Å². The number of anilines is 1. The first-order valence-electron chi connectivity index (χ1n) is 7.55. The van der Waals surface area contributed by atoms with Crippen molar-refractivity contribution in [2.24, 2.45) is 0 Å². The number of nitrogens with zero attached hydrogens (tertiary/aromatic N) is 1. The molecule has 0 spiro atoms. The van der Waals surface area contributed by atoms with E-state index in [0.717, 1.165) is 38.2 Å². The number of hydrogen-bond donors (Lipinski definition) is 2. The molecule has 0 bridgehead atoms. The highest BCUT2D eigenvalue weighted by Gasteiger charge is 2.39. The number of rotatable bonds is 5. The van der Waals surface area contributed by atoms with Crippen LogP contribution in [0, 0.1) is 0 Å². The Kier molecular flexibility index (Phi) is 5.48. The van der Waals surface area contributed by atoms with Crippen LogP contribution in [0.1, 0.15) is 32.6 Å². The minimum atomic E-state index is -0.879. The largest absolute Gasteiger partial charge is 0.480 e. The molecule has 0 radical (unpaired) electrons. The van der Waals surface area contributed by atoms with Crippen molar-refractivity contribution in [1.82, 2.24) is 4.90 Å². The molecule has 1 atom stereocenters. The van der Waals surface area contributed by atoms with E-state index in [2.05, 4.69) is 17.1 Å². The lowest BCUT2D eigenvalue weighted by Gasteiger charge is -2.30. The van der Waals surface area contributed by atoms with Gasteiger partial charge in [-0.05, 0) is 63.0 Å². The zero-order valence-corrected chi connectivity index (χ0v) is 13.2. The van der Waals surface area contributed by atoms with Crippen LogP contribution in [0.25, 0.3) is 0 Å². The number of nitrogens with one attached hydrogen (secondary N) is 1. The van der Waals surface area contributed by atoms with Crippen LogP contribution < -0.4 is 5.32 Å². The van der Waals surface area contributed by atoms with Crippen LogP contribution in [-0.2, 0) is 4.79 Å². The second-order valence-corrected chi connectivity index (χ2v) is 6.15. The van der Waals surface area contributed by atoms with Gasteiger partial charge in [0.1, 0.15) is 5.54 Å². The normalized spacial score (nSPS) is 23.5. The summed E-state index contributed by atoms with van der Waals surface area (Å²) in [5.41, 5.74) is -0.0678. The van der Waals surface area contributed by atoms with Gasteiger partial charge in [-0.25, -0.2) is 4.79 Å². The second kappa shape index (κ2) is 7.14. The van der Waals surface area contributed by atoms with Crippen LogP contribution in [0.2, 0.25) is 5.02 Å². The first kappa shape index (κ1) is 16.1. The van der Waals surface area contributed by atoms with Crippen LogP contribution in [0.3, 0.4) is 0 Å². The maximum absolute atomic E-state index is 11.9. The third kappa shape index (κ3) is 4.11. The average Bonchev–Trinajstić information content (AvgIpc) is 2.66. The van der Waals surface area contributed by atoms with E-state index >= 15 is 0 Å². The summed E-state index contributed by atoms with van der Waals surface area (Å²) < 4.78 is 0. The molecule has 1 saturated heterocycles. The Bertz CT molecular complexity index is 478. The van der Waals surface area contributed by atoms with E-state index < -0.39 is 11.5 Å². The third-order valence-electron chi connectivity index (χ3n) is 4.11. The van der Waals surface area contributed by atoms with Crippen molar-refractivity contribution in [3.8, 4) is 0 Å². The molecule has 2 N–H and O–H groups in total. The van der Waals surface area contributed by atoms with Gasteiger partial charge in [-0.3, -0.25) is 0 Å². The van der Waals surface area contributed by atoms with Crippen molar-refractivity contribution in [2.75, 3.05) is 25.0 Å². The summed E-state index contributed by atoms with van der Waals surface area (Å²) in [6.45, 7) is 4.99. The maximum Gasteiger partial charge on any atom is 0.329 e. The molecule has 0 amide bonds. The molecule has 21 heavy (non-hydrogen) atoms. The SMILES string of the molecule is CCCN1CCCC(Nc2ccc(Cl)cc2)(C(=O)O)CC1. The van der Waals surface area contributed by atoms with Gasteiger partial charge < -0.3 is 15.3 Å². The van der Waals surface area contributed by atoms with E-state index in [1.807, 2.05) is 12.1 Å². The molecular formula is C16H23ClN2O2. The van der Waals surface area contributed by atoms with Crippen molar-refractivity contribution in [3.05, 3.63) is 29.3 Å². The molecule has 0 saturated carbocycles. The van der Waals surface area contributed by atoms with Crippen LogP contribution in [0.5, 0.6) is 0 Å². The molecule has 1 unspecified atom stereocenters. The molecule has 1 aromatic rings. The zero-order chi connectivity index (χ0) is 15.3. The number of hydrogen-bond acceptors (Lipinski definition) is 3. The summed E-state index contributed by atoms with van der Waals surface area (Å²) in [6.07, 6.45) is 3.26. The molecule has 1 fully saturated rings. The summed E-state index contributed by atoms with van der Waals surface area (Å²) in [7, 11) is 0. The van der Waals surface area contributed by atoms with Gasteiger partial charge in [-0.15, -0.1) is 0 Å². The monoisotopic (exact) mass is 310 g/mol. The Hall–Kier alpha value is -1.26. The van der Waals surface area contributed by atoms with Gasteiger partial charge in [0.05, 0.1) is 0 Å². The molecule has 4 nitrogen and oxygen atoms in total. The number of likely N-dealkylation sites (tertiary alicyclic amines) is 1. The molecule has 1 heterocycles. The van der Waals surface area contributed by atoms with E-state index in [0.29, 0.717) is 17.9 Å². The van der Waals surface area contributed by atoms with Gasteiger partial charge in [0.25, 0.3) is 0 Å². The number of benzene rings is 1. The molecule has 2 rings (SSSR count). The lowest BCUT2D eigenvalue weighted by Crippen LogP contribution is -2.47. The maximum atomic E-state index is 11.9. The molecule has 1 aliphatic rings. The summed E-state index contributed by atoms with van der Waals surface area (Å²) in [6, 6.07) is 7.22. The second-order valence-electron chi connectivity index (χ2n) is 5.71. The number of carbonyl (C=O) groups is 1. The van der Waals surface area contributed by atoms with Gasteiger partial charge >= 0.3 is 5.97 Å². The number of halogens is 1. The molecule has 1 aromatic carbocycles. The van der Waals surface area contributed by atoms with E-state index in [-0.39, 0.29) is 0 Å². The van der Waals surface area contributed by atoms with Crippen LogP contribution >= 0.6 is 11.6 Å². The number of aliphatic carboxylic acids is 1. The first-order valence-corrected chi connectivity index (χ1v) is 7.93. The van der Waals surface area contributed by atoms with E-state index in [1.165, 1.54) is 0 Å². The van der Waals surface area contributed by atoms with Crippen molar-refractivity contribution in [1.29, 1.82) is 0 Å². The quantitative estimate of drug-likeness (QED) is 0.874. The number of carboxylic acid groups (broad SMARTS) is 1. The van der Waals surface area contributed by atoms with Crippen molar-refractivity contribution in [3.63, 3.8) is 0 Å². The lowest BCUT2D eigenvalue weighted by atomic mass is 9.90. The third-order valence-corrected chi connectivity index (χ3v) is 4.36. The van der Waals surface area contributed by atoms with Crippen molar-refractivity contribution in [2.45, 2.75) is 38.1 Å². The highest BCUT2D eigenvalue weighted by molar-refractivity contribution is 6.30. The van der Waals surface area contributed by atoms with Crippen molar-refractivity contribution < 1.29 is 9.90 Å². The Labute approximate surface area is 131 Å². The zero-order valence-electron chi connectivity index (χ0n) is 12.4. The molecule has 116 valence electrons. The van der Waals surface area contributed by atoms with E-state index in [4.69, 9.17) is 11.6 Å². The highest BCUT2D eigenvalue weighted by atomic mass is 35.5. The number of carboxylic acids is 1. The molecule has 0 aromatic heterocycles. The van der Waals surface area contributed by atoms with Gasteiger partial charge in [0.15, 0.2) is 0 Å². The first-order chi connectivity index (χ1) is 10.1. The topological polar surface area (TPSA) is 52.6 Å². The Balaban J connectivity index is 2.13. The Morgan fingerprint density at radius 1 is 1.33 bits per heavy atom. The highest BCUT2D eigenvalue weighted by Crippen LogP contribution is 2.28. The Morgan fingerprint density at radius 3 is 2.67 bits per heavy atom. The summed E-state index contributed by atoms with van der Waals surface area (Å²) in [5.74, 6) is -0.768. The lowest BCUT2D eigenvalue weighted by molar-refractivity contribution is -0.142. The van der Waals surface area contributed by atoms with Crippen LogP contribution in [-0.4, -0.2) is 41.1 Å².